The average molecular weight is 397 g/mol. The number of esters is 1. The largest absolute Gasteiger partial charge is 0.469 e. The van der Waals surface area contributed by atoms with Crippen molar-refractivity contribution in [3.05, 3.63) is 37.8 Å². The van der Waals surface area contributed by atoms with Crippen molar-refractivity contribution < 1.29 is 19.2 Å². The average Bonchev–Trinajstić information content (AvgIpc) is 2.92. The number of benzene rings is 1. The molecule has 2 aliphatic rings. The number of fused-ring (bicyclic) bond motifs is 1. The number of nitrogens with zero attached hydrogens (tertiary/aromatic N) is 2. The number of nitro benzene ring substituents is 1. The zero-order valence-corrected chi connectivity index (χ0v) is 14.7. The summed E-state index contributed by atoms with van der Waals surface area (Å²) in [5.74, 6) is -0.460. The molecule has 1 saturated carbocycles. The number of amides is 1. The molecule has 128 valence electrons. The Morgan fingerprint density at radius 3 is 2.58 bits per heavy atom. The molecule has 7 nitrogen and oxygen atoms in total. The number of carbonyl (C=O) groups is 2. The second-order valence-corrected chi connectivity index (χ2v) is 7.03. The second-order valence-electron chi connectivity index (χ2n) is 6.17. The van der Waals surface area contributed by atoms with Gasteiger partial charge in [-0.25, -0.2) is 0 Å². The number of methoxy groups -OCH3 is 1. The summed E-state index contributed by atoms with van der Waals surface area (Å²) in [6, 6.07) is 2.84. The molecule has 1 aromatic rings. The standard InChI is InChI=1S/C16H17BrN2O5/c1-24-16(21)9-2-4-10(5-3-9)18-8-13-12(15(18)20)6-11(19(22)23)7-14(13)17/h6-7,9-10H,2-5,8H2,1H3. The second kappa shape index (κ2) is 6.51. The summed E-state index contributed by atoms with van der Waals surface area (Å²) in [7, 11) is 1.39. The van der Waals surface area contributed by atoms with Crippen molar-refractivity contribution in [1.82, 2.24) is 4.90 Å². The van der Waals surface area contributed by atoms with E-state index in [2.05, 4.69) is 15.9 Å². The molecule has 0 aromatic heterocycles. The van der Waals surface area contributed by atoms with Crippen molar-refractivity contribution in [3.63, 3.8) is 0 Å². The number of halogens is 1. The van der Waals surface area contributed by atoms with Gasteiger partial charge in [0.2, 0.25) is 0 Å². The molecule has 24 heavy (non-hydrogen) atoms. The molecule has 1 aromatic carbocycles. The fourth-order valence-electron chi connectivity index (χ4n) is 3.56. The molecular formula is C16H17BrN2O5. The monoisotopic (exact) mass is 396 g/mol. The van der Waals surface area contributed by atoms with Gasteiger partial charge in [-0.2, -0.15) is 0 Å². The zero-order chi connectivity index (χ0) is 17.4. The van der Waals surface area contributed by atoms with E-state index in [1.165, 1.54) is 19.2 Å². The summed E-state index contributed by atoms with van der Waals surface area (Å²) in [5.41, 5.74) is 1.09. The summed E-state index contributed by atoms with van der Waals surface area (Å²) in [6.45, 7) is 0.445. The number of nitro groups is 1. The molecule has 1 aliphatic carbocycles. The maximum atomic E-state index is 12.7. The van der Waals surface area contributed by atoms with E-state index in [9.17, 15) is 19.7 Å². The number of hydrogen-bond donors (Lipinski definition) is 0. The van der Waals surface area contributed by atoms with Gasteiger partial charge in [0.05, 0.1) is 23.5 Å². The third-order valence-corrected chi connectivity index (χ3v) is 5.59. The predicted octanol–water partition coefficient (Wildman–Crippen LogP) is 3.04. The first-order valence-corrected chi connectivity index (χ1v) is 8.57. The van der Waals surface area contributed by atoms with Crippen LogP contribution in [0.2, 0.25) is 0 Å². The molecule has 0 saturated heterocycles. The fourth-order valence-corrected chi connectivity index (χ4v) is 4.13. The van der Waals surface area contributed by atoms with Crippen LogP contribution in [0.3, 0.4) is 0 Å². The Bertz CT molecular complexity index is 713. The van der Waals surface area contributed by atoms with Gasteiger partial charge in [-0.3, -0.25) is 19.7 Å². The molecule has 3 rings (SSSR count). The molecule has 1 amide bonds. The van der Waals surface area contributed by atoms with E-state index in [1.54, 1.807) is 4.90 Å². The van der Waals surface area contributed by atoms with Gasteiger partial charge in [0.1, 0.15) is 0 Å². The Hall–Kier alpha value is -1.96. The van der Waals surface area contributed by atoms with Gasteiger partial charge < -0.3 is 9.64 Å². The molecule has 0 bridgehead atoms. The topological polar surface area (TPSA) is 89.8 Å². The van der Waals surface area contributed by atoms with Crippen LogP contribution < -0.4 is 0 Å². The van der Waals surface area contributed by atoms with Crippen molar-refractivity contribution in [3.8, 4) is 0 Å². The third-order valence-electron chi connectivity index (χ3n) is 4.88. The highest BCUT2D eigenvalue weighted by Crippen LogP contribution is 2.37. The van der Waals surface area contributed by atoms with E-state index < -0.39 is 4.92 Å². The first-order valence-electron chi connectivity index (χ1n) is 7.78. The van der Waals surface area contributed by atoms with Crippen molar-refractivity contribution in [1.29, 1.82) is 0 Å². The lowest BCUT2D eigenvalue weighted by molar-refractivity contribution is -0.385. The van der Waals surface area contributed by atoms with E-state index in [-0.39, 0.29) is 29.5 Å². The zero-order valence-electron chi connectivity index (χ0n) is 13.2. The van der Waals surface area contributed by atoms with Crippen LogP contribution in [0.1, 0.15) is 41.6 Å². The summed E-state index contributed by atoms with van der Waals surface area (Å²) in [6.07, 6.45) is 2.86. The quantitative estimate of drug-likeness (QED) is 0.444. The lowest BCUT2D eigenvalue weighted by Crippen LogP contribution is -2.39. The number of hydrogen-bond acceptors (Lipinski definition) is 5. The number of ether oxygens (including phenoxy) is 1. The van der Waals surface area contributed by atoms with Crippen LogP contribution in [0.5, 0.6) is 0 Å². The Balaban J connectivity index is 1.76. The van der Waals surface area contributed by atoms with Crippen LogP contribution in [0.25, 0.3) is 0 Å². The number of carbonyl (C=O) groups excluding carboxylic acids is 2. The van der Waals surface area contributed by atoms with E-state index >= 15 is 0 Å². The Morgan fingerprint density at radius 2 is 2.00 bits per heavy atom. The molecule has 1 heterocycles. The highest BCUT2D eigenvalue weighted by Gasteiger charge is 2.38. The highest BCUT2D eigenvalue weighted by molar-refractivity contribution is 9.10. The predicted molar refractivity (Wildman–Crippen MR) is 88.4 cm³/mol. The first kappa shape index (κ1) is 16.9. The van der Waals surface area contributed by atoms with E-state index in [0.29, 0.717) is 29.4 Å². The molecule has 1 aliphatic heterocycles. The lowest BCUT2D eigenvalue weighted by atomic mass is 9.85. The van der Waals surface area contributed by atoms with Crippen LogP contribution in [0.4, 0.5) is 5.69 Å². The molecule has 1 fully saturated rings. The van der Waals surface area contributed by atoms with Gasteiger partial charge in [0.25, 0.3) is 11.6 Å². The molecule has 0 atom stereocenters. The number of rotatable bonds is 3. The maximum Gasteiger partial charge on any atom is 0.308 e. The van der Waals surface area contributed by atoms with Crippen molar-refractivity contribution in [2.45, 2.75) is 38.3 Å². The van der Waals surface area contributed by atoms with Gasteiger partial charge in [-0.15, -0.1) is 0 Å². The summed E-state index contributed by atoms with van der Waals surface area (Å²) < 4.78 is 5.37. The SMILES string of the molecule is COC(=O)C1CCC(N2Cc3c(Br)cc([N+](=O)[O-])cc3C2=O)CC1. The van der Waals surface area contributed by atoms with Crippen LogP contribution in [-0.2, 0) is 16.1 Å². The van der Waals surface area contributed by atoms with Crippen LogP contribution in [-0.4, -0.2) is 34.9 Å². The van der Waals surface area contributed by atoms with Crippen molar-refractivity contribution in [2.75, 3.05) is 7.11 Å². The lowest BCUT2D eigenvalue weighted by Gasteiger charge is -2.33. The molecule has 8 heteroatoms. The molecule has 0 radical (unpaired) electrons. The minimum Gasteiger partial charge on any atom is -0.469 e. The highest BCUT2D eigenvalue weighted by atomic mass is 79.9. The molecule has 0 spiro atoms. The van der Waals surface area contributed by atoms with E-state index in [0.717, 1.165) is 18.4 Å². The van der Waals surface area contributed by atoms with Gasteiger partial charge in [0, 0.05) is 29.2 Å². The van der Waals surface area contributed by atoms with Gasteiger partial charge in [-0.05, 0) is 31.2 Å². The van der Waals surface area contributed by atoms with Gasteiger partial charge >= 0.3 is 5.97 Å². The van der Waals surface area contributed by atoms with E-state index in [1.807, 2.05) is 0 Å². The van der Waals surface area contributed by atoms with Crippen molar-refractivity contribution in [2.24, 2.45) is 5.92 Å². The maximum absolute atomic E-state index is 12.7. The Labute approximate surface area is 147 Å². The third kappa shape index (κ3) is 2.90. The Morgan fingerprint density at radius 1 is 1.33 bits per heavy atom. The molecular weight excluding hydrogens is 380 g/mol. The van der Waals surface area contributed by atoms with Crippen LogP contribution in [0.15, 0.2) is 16.6 Å². The van der Waals surface area contributed by atoms with Crippen LogP contribution >= 0.6 is 15.9 Å². The summed E-state index contributed by atoms with van der Waals surface area (Å²) in [5, 5.41) is 11.0. The summed E-state index contributed by atoms with van der Waals surface area (Å²) in [4.78, 5) is 36.6. The van der Waals surface area contributed by atoms with Gasteiger partial charge in [0.15, 0.2) is 0 Å². The Kier molecular flexibility index (Phi) is 4.58. The minimum absolute atomic E-state index is 0.0526. The molecule has 0 unspecified atom stereocenters. The van der Waals surface area contributed by atoms with Crippen LogP contribution in [0, 0.1) is 16.0 Å². The first-order chi connectivity index (χ1) is 11.4. The van der Waals surface area contributed by atoms with E-state index in [4.69, 9.17) is 4.74 Å². The van der Waals surface area contributed by atoms with Gasteiger partial charge in [-0.1, -0.05) is 15.9 Å². The normalized spacial score (nSPS) is 23.1. The molecule has 0 N–H and O–H groups in total. The fraction of sp³-hybridized carbons (Fsp3) is 0.500. The van der Waals surface area contributed by atoms with Crippen molar-refractivity contribution >= 4 is 33.5 Å². The number of non-ortho nitro benzene ring substituents is 1. The smallest absolute Gasteiger partial charge is 0.308 e. The summed E-state index contributed by atoms with van der Waals surface area (Å²) >= 11 is 3.34. The minimum atomic E-state index is -0.497.